The highest BCUT2D eigenvalue weighted by Crippen LogP contribution is 2.20. The van der Waals surface area contributed by atoms with Gasteiger partial charge in [0.1, 0.15) is 5.15 Å². The van der Waals surface area contributed by atoms with Crippen LogP contribution in [0.15, 0.2) is 30.3 Å². The Morgan fingerprint density at radius 1 is 1.30 bits per heavy atom. The minimum atomic E-state index is -0.143. The van der Waals surface area contributed by atoms with Crippen molar-refractivity contribution in [3.05, 3.63) is 52.3 Å². The van der Waals surface area contributed by atoms with E-state index in [1.54, 1.807) is 4.68 Å². The SMILES string of the molecule is Cc1nn(CC(C)C)c(Cl)c1C(=O)NCCCc1ccccc1. The number of aromatic nitrogens is 2. The number of hydrogen-bond donors (Lipinski definition) is 1. The van der Waals surface area contributed by atoms with E-state index in [1.807, 2.05) is 25.1 Å². The lowest BCUT2D eigenvalue weighted by atomic mass is 10.1. The Morgan fingerprint density at radius 2 is 2.00 bits per heavy atom. The molecule has 5 heteroatoms. The quantitative estimate of drug-likeness (QED) is 0.782. The van der Waals surface area contributed by atoms with E-state index in [0.717, 1.165) is 12.8 Å². The van der Waals surface area contributed by atoms with Crippen LogP contribution in [-0.2, 0) is 13.0 Å². The Morgan fingerprint density at radius 3 is 2.65 bits per heavy atom. The van der Waals surface area contributed by atoms with Gasteiger partial charge < -0.3 is 5.32 Å². The highest BCUT2D eigenvalue weighted by atomic mass is 35.5. The van der Waals surface area contributed by atoms with Gasteiger partial charge in [0.15, 0.2) is 0 Å². The molecule has 1 amide bonds. The van der Waals surface area contributed by atoms with Crippen LogP contribution in [0.5, 0.6) is 0 Å². The zero-order valence-corrected chi connectivity index (χ0v) is 14.7. The standard InChI is InChI=1S/C18H24ClN3O/c1-13(2)12-22-17(19)16(14(3)21-22)18(23)20-11-7-10-15-8-5-4-6-9-15/h4-6,8-9,13H,7,10-12H2,1-3H3,(H,20,23). The smallest absolute Gasteiger partial charge is 0.256 e. The van der Waals surface area contributed by atoms with Crippen molar-refractivity contribution in [2.24, 2.45) is 5.92 Å². The number of nitrogens with one attached hydrogen (secondary N) is 1. The first-order valence-electron chi connectivity index (χ1n) is 8.04. The van der Waals surface area contributed by atoms with Gasteiger partial charge in [-0.15, -0.1) is 0 Å². The van der Waals surface area contributed by atoms with Crippen LogP contribution in [-0.4, -0.2) is 22.2 Å². The topological polar surface area (TPSA) is 46.9 Å². The van der Waals surface area contributed by atoms with Crippen LogP contribution in [0.25, 0.3) is 0 Å². The molecule has 0 saturated carbocycles. The molecule has 0 aliphatic carbocycles. The molecule has 124 valence electrons. The van der Waals surface area contributed by atoms with Crippen molar-refractivity contribution in [1.82, 2.24) is 15.1 Å². The number of amides is 1. The number of nitrogens with zero attached hydrogens (tertiary/aromatic N) is 2. The van der Waals surface area contributed by atoms with Gasteiger partial charge in [-0.2, -0.15) is 5.10 Å². The molecule has 2 aromatic rings. The Balaban J connectivity index is 1.89. The summed E-state index contributed by atoms with van der Waals surface area (Å²) in [6.45, 7) is 7.34. The van der Waals surface area contributed by atoms with Crippen molar-refractivity contribution in [3.8, 4) is 0 Å². The fourth-order valence-electron chi connectivity index (χ4n) is 2.51. The summed E-state index contributed by atoms with van der Waals surface area (Å²) in [5.41, 5.74) is 2.45. The van der Waals surface area contributed by atoms with Crippen molar-refractivity contribution in [3.63, 3.8) is 0 Å². The molecule has 1 N–H and O–H groups in total. The summed E-state index contributed by atoms with van der Waals surface area (Å²) in [7, 11) is 0. The Bertz CT molecular complexity index is 650. The molecular formula is C18H24ClN3O. The highest BCUT2D eigenvalue weighted by Gasteiger charge is 2.20. The monoisotopic (exact) mass is 333 g/mol. The predicted molar refractivity (Wildman–Crippen MR) is 93.9 cm³/mol. The first kappa shape index (κ1) is 17.5. The Kier molecular flexibility index (Phi) is 6.22. The van der Waals surface area contributed by atoms with Crippen LogP contribution in [0.4, 0.5) is 0 Å². The molecule has 2 rings (SSSR count). The molecular weight excluding hydrogens is 310 g/mol. The molecule has 0 atom stereocenters. The third-order valence-corrected chi connectivity index (χ3v) is 3.99. The fraction of sp³-hybridized carbons (Fsp3) is 0.444. The van der Waals surface area contributed by atoms with Crippen LogP contribution in [0.1, 0.15) is 41.9 Å². The lowest BCUT2D eigenvalue weighted by Gasteiger charge is -2.07. The van der Waals surface area contributed by atoms with Gasteiger partial charge in [0.05, 0.1) is 11.3 Å². The minimum absolute atomic E-state index is 0.143. The van der Waals surface area contributed by atoms with Gasteiger partial charge in [-0.3, -0.25) is 9.48 Å². The molecule has 0 aliphatic rings. The average Bonchev–Trinajstić information content (AvgIpc) is 2.78. The summed E-state index contributed by atoms with van der Waals surface area (Å²) in [4.78, 5) is 12.3. The zero-order chi connectivity index (χ0) is 16.8. The fourth-order valence-corrected chi connectivity index (χ4v) is 2.84. The molecule has 1 heterocycles. The number of benzene rings is 1. The van der Waals surface area contributed by atoms with Crippen molar-refractivity contribution in [1.29, 1.82) is 0 Å². The third-order valence-electron chi connectivity index (χ3n) is 3.60. The number of halogens is 1. The normalized spacial score (nSPS) is 11.0. The molecule has 0 radical (unpaired) electrons. The van der Waals surface area contributed by atoms with Crippen LogP contribution >= 0.6 is 11.6 Å². The van der Waals surface area contributed by atoms with Gasteiger partial charge in [-0.05, 0) is 31.2 Å². The zero-order valence-electron chi connectivity index (χ0n) is 14.0. The number of hydrogen-bond acceptors (Lipinski definition) is 2. The van der Waals surface area contributed by atoms with E-state index in [0.29, 0.717) is 35.4 Å². The van der Waals surface area contributed by atoms with Gasteiger partial charge in [0.25, 0.3) is 5.91 Å². The summed E-state index contributed by atoms with van der Waals surface area (Å²) < 4.78 is 1.71. The lowest BCUT2D eigenvalue weighted by Crippen LogP contribution is -2.25. The van der Waals surface area contributed by atoms with Crippen LogP contribution in [0, 0.1) is 12.8 Å². The van der Waals surface area contributed by atoms with Crippen LogP contribution in [0.3, 0.4) is 0 Å². The van der Waals surface area contributed by atoms with Crippen molar-refractivity contribution < 1.29 is 4.79 Å². The van der Waals surface area contributed by atoms with Crippen molar-refractivity contribution in [2.45, 2.75) is 40.2 Å². The maximum Gasteiger partial charge on any atom is 0.256 e. The molecule has 0 unspecified atom stereocenters. The molecule has 0 fully saturated rings. The van der Waals surface area contributed by atoms with Crippen LogP contribution in [0.2, 0.25) is 5.15 Å². The second-order valence-electron chi connectivity index (χ2n) is 6.17. The lowest BCUT2D eigenvalue weighted by molar-refractivity contribution is 0.0952. The van der Waals surface area contributed by atoms with E-state index >= 15 is 0 Å². The number of rotatable bonds is 7. The first-order valence-corrected chi connectivity index (χ1v) is 8.42. The Labute approximate surface area is 142 Å². The summed E-state index contributed by atoms with van der Waals surface area (Å²) in [5.74, 6) is 0.282. The van der Waals surface area contributed by atoms with Crippen LogP contribution < -0.4 is 5.32 Å². The summed E-state index contributed by atoms with van der Waals surface area (Å²) in [5, 5.41) is 7.74. The number of aryl methyl sites for hydroxylation is 2. The van der Waals surface area contributed by atoms with Gasteiger partial charge in [-0.25, -0.2) is 0 Å². The minimum Gasteiger partial charge on any atom is -0.352 e. The van der Waals surface area contributed by atoms with E-state index in [2.05, 4.69) is 36.4 Å². The maximum atomic E-state index is 12.3. The summed E-state index contributed by atoms with van der Waals surface area (Å²) in [6.07, 6.45) is 1.84. The second-order valence-corrected chi connectivity index (χ2v) is 6.53. The van der Waals surface area contributed by atoms with Gasteiger partial charge in [0.2, 0.25) is 0 Å². The average molecular weight is 334 g/mol. The number of carbonyl (C=O) groups is 1. The number of carbonyl (C=O) groups excluding carboxylic acids is 1. The van der Waals surface area contributed by atoms with Crippen molar-refractivity contribution in [2.75, 3.05) is 6.54 Å². The van der Waals surface area contributed by atoms with E-state index in [9.17, 15) is 4.79 Å². The van der Waals surface area contributed by atoms with E-state index in [-0.39, 0.29) is 5.91 Å². The summed E-state index contributed by atoms with van der Waals surface area (Å²) >= 11 is 6.32. The molecule has 0 spiro atoms. The first-order chi connectivity index (χ1) is 11.0. The molecule has 23 heavy (non-hydrogen) atoms. The van der Waals surface area contributed by atoms with Gasteiger partial charge in [-0.1, -0.05) is 55.8 Å². The van der Waals surface area contributed by atoms with Gasteiger partial charge >= 0.3 is 0 Å². The van der Waals surface area contributed by atoms with E-state index < -0.39 is 0 Å². The third kappa shape index (κ3) is 4.83. The molecule has 1 aromatic heterocycles. The second kappa shape index (κ2) is 8.16. The molecule has 0 bridgehead atoms. The van der Waals surface area contributed by atoms with E-state index in [4.69, 9.17) is 11.6 Å². The maximum absolute atomic E-state index is 12.3. The van der Waals surface area contributed by atoms with Crippen molar-refractivity contribution >= 4 is 17.5 Å². The molecule has 0 aliphatic heterocycles. The molecule has 1 aromatic carbocycles. The molecule has 0 saturated heterocycles. The largest absolute Gasteiger partial charge is 0.352 e. The Hall–Kier alpha value is -1.81. The molecule has 4 nitrogen and oxygen atoms in total. The summed E-state index contributed by atoms with van der Waals surface area (Å²) in [6, 6.07) is 10.3. The highest BCUT2D eigenvalue weighted by molar-refractivity contribution is 6.33. The predicted octanol–water partition coefficient (Wildman–Crippen LogP) is 3.86. The van der Waals surface area contributed by atoms with E-state index in [1.165, 1.54) is 5.56 Å². The van der Waals surface area contributed by atoms with Gasteiger partial charge in [0, 0.05) is 13.1 Å².